The Morgan fingerprint density at radius 2 is 1.81 bits per heavy atom. The van der Waals surface area contributed by atoms with Crippen molar-refractivity contribution in [3.8, 4) is 0 Å². The summed E-state index contributed by atoms with van der Waals surface area (Å²) in [6, 6.07) is 7.94. The molecule has 1 saturated carbocycles. The molecule has 1 saturated heterocycles. The summed E-state index contributed by atoms with van der Waals surface area (Å²) >= 11 is 3.47. The minimum Gasteiger partial charge on any atom is -0.352 e. The maximum Gasteiger partial charge on any atom is 0.321 e. The fourth-order valence-electron chi connectivity index (χ4n) is 4.00. The average molecular weight is 454 g/mol. The number of carbonyl (C=O) groups excluding carboxylic acids is 1. The van der Waals surface area contributed by atoms with Gasteiger partial charge in [-0.1, -0.05) is 0 Å². The number of urea groups is 1. The van der Waals surface area contributed by atoms with Gasteiger partial charge in [0.2, 0.25) is 0 Å². The quantitative estimate of drug-likeness (QED) is 0.546. The summed E-state index contributed by atoms with van der Waals surface area (Å²) in [5, 5.41) is 4.22. The summed E-state index contributed by atoms with van der Waals surface area (Å²) in [5.74, 6) is 2.58. The summed E-state index contributed by atoms with van der Waals surface area (Å²) in [4.78, 5) is 30.5. The van der Waals surface area contributed by atoms with Crippen molar-refractivity contribution in [1.29, 1.82) is 0 Å². The first kappa shape index (κ1) is 20.6. The van der Waals surface area contributed by atoms with E-state index in [1.54, 1.807) is 23.1 Å². The Hall–Kier alpha value is -2.32. The molecule has 0 spiro atoms. The number of carbonyl (C=O) groups is 1. The lowest BCUT2D eigenvalue weighted by Crippen LogP contribution is -2.50. The molecule has 2 aliphatic rings. The van der Waals surface area contributed by atoms with Crippen molar-refractivity contribution in [1.82, 2.24) is 14.9 Å². The van der Waals surface area contributed by atoms with E-state index < -0.39 is 0 Å². The predicted octanol–water partition coefficient (Wildman–Crippen LogP) is 5.26. The van der Waals surface area contributed by atoms with E-state index in [-0.39, 0.29) is 6.03 Å². The van der Waals surface area contributed by atoms with E-state index in [2.05, 4.69) is 24.1 Å². The van der Waals surface area contributed by atoms with Gasteiger partial charge in [0.05, 0.1) is 5.39 Å². The van der Waals surface area contributed by atoms with Crippen LogP contribution in [-0.2, 0) is 0 Å². The van der Waals surface area contributed by atoms with Crippen LogP contribution in [0, 0.1) is 13.8 Å². The lowest BCUT2D eigenvalue weighted by Gasteiger charge is -2.35. The maximum absolute atomic E-state index is 12.8. The van der Waals surface area contributed by atoms with E-state index in [9.17, 15) is 4.79 Å². The Labute approximate surface area is 191 Å². The summed E-state index contributed by atoms with van der Waals surface area (Å²) in [7, 11) is 0. The van der Waals surface area contributed by atoms with Crippen molar-refractivity contribution in [3.05, 3.63) is 40.5 Å². The Morgan fingerprint density at radius 1 is 1.10 bits per heavy atom. The van der Waals surface area contributed by atoms with Gasteiger partial charge >= 0.3 is 6.03 Å². The van der Waals surface area contributed by atoms with Crippen molar-refractivity contribution >= 4 is 50.9 Å². The Balaban J connectivity index is 1.31. The number of hydrogen-bond donors (Lipinski definition) is 1. The van der Waals surface area contributed by atoms with Gasteiger partial charge in [-0.2, -0.15) is 0 Å². The van der Waals surface area contributed by atoms with Crippen LogP contribution >= 0.6 is 23.1 Å². The summed E-state index contributed by atoms with van der Waals surface area (Å²) < 4.78 is 0. The van der Waals surface area contributed by atoms with Gasteiger partial charge in [-0.3, -0.25) is 0 Å². The minimum atomic E-state index is -0.0365. The lowest BCUT2D eigenvalue weighted by molar-refractivity contribution is 0.208. The lowest BCUT2D eigenvalue weighted by atomic mass is 10.2. The number of thiophene rings is 1. The molecule has 0 radical (unpaired) electrons. The van der Waals surface area contributed by atoms with E-state index in [1.807, 2.05) is 35.4 Å². The topological polar surface area (TPSA) is 61.4 Å². The molecule has 5 rings (SSSR count). The fourth-order valence-corrected chi connectivity index (χ4v) is 5.43. The highest BCUT2D eigenvalue weighted by molar-refractivity contribution is 7.98. The molecule has 1 aliphatic carbocycles. The van der Waals surface area contributed by atoms with Crippen molar-refractivity contribution in [3.63, 3.8) is 0 Å². The Morgan fingerprint density at radius 3 is 2.45 bits per heavy atom. The number of rotatable bonds is 4. The molecule has 6 nitrogen and oxygen atoms in total. The van der Waals surface area contributed by atoms with Crippen molar-refractivity contribution in [2.45, 2.75) is 37.5 Å². The molecule has 2 fully saturated rings. The molecule has 1 aliphatic heterocycles. The SMILES string of the molecule is CSc1ccc(NC(=O)N2CCN(c3nc(C4CC4)nc4sc(C)c(C)c34)CC2)cc1. The maximum atomic E-state index is 12.8. The first-order chi connectivity index (χ1) is 15.0. The molecule has 1 aromatic carbocycles. The second kappa shape index (κ2) is 8.31. The number of benzene rings is 1. The predicted molar refractivity (Wildman–Crippen MR) is 130 cm³/mol. The molecule has 31 heavy (non-hydrogen) atoms. The average Bonchev–Trinajstić information content (AvgIpc) is 3.60. The number of nitrogens with one attached hydrogen (secondary N) is 1. The molecule has 2 amide bonds. The number of piperazine rings is 1. The normalized spacial score (nSPS) is 16.7. The van der Waals surface area contributed by atoms with Crippen LogP contribution in [0.1, 0.15) is 35.0 Å². The van der Waals surface area contributed by atoms with Crippen LogP contribution < -0.4 is 10.2 Å². The molecule has 1 N–H and O–H groups in total. The number of aromatic nitrogens is 2. The van der Waals surface area contributed by atoms with E-state index in [0.29, 0.717) is 19.0 Å². The smallest absolute Gasteiger partial charge is 0.321 e. The highest BCUT2D eigenvalue weighted by atomic mass is 32.2. The minimum absolute atomic E-state index is 0.0365. The molecule has 162 valence electrons. The zero-order valence-corrected chi connectivity index (χ0v) is 19.8. The van der Waals surface area contributed by atoms with Gasteiger partial charge < -0.3 is 15.1 Å². The summed E-state index contributed by atoms with van der Waals surface area (Å²) in [6.45, 7) is 7.26. The number of anilines is 2. The fraction of sp³-hybridized carbons (Fsp3) is 0.435. The van der Waals surface area contributed by atoms with Crippen molar-refractivity contribution < 1.29 is 4.79 Å². The molecular formula is C23H27N5OS2. The number of amides is 2. The first-order valence-corrected chi connectivity index (χ1v) is 12.8. The van der Waals surface area contributed by atoms with Gasteiger partial charge in [-0.05, 0) is 62.8 Å². The summed E-state index contributed by atoms with van der Waals surface area (Å²) in [5.41, 5.74) is 2.12. The third-order valence-electron chi connectivity index (χ3n) is 6.18. The van der Waals surface area contributed by atoms with Gasteiger partial charge in [-0.25, -0.2) is 14.8 Å². The van der Waals surface area contributed by atoms with Gasteiger partial charge in [0.15, 0.2) is 0 Å². The van der Waals surface area contributed by atoms with Gasteiger partial charge in [0.25, 0.3) is 0 Å². The largest absolute Gasteiger partial charge is 0.352 e. The van der Waals surface area contributed by atoms with Gasteiger partial charge in [-0.15, -0.1) is 23.1 Å². The van der Waals surface area contributed by atoms with E-state index in [1.165, 1.54) is 33.6 Å². The molecule has 8 heteroatoms. The van der Waals surface area contributed by atoms with Crippen LogP contribution in [-0.4, -0.2) is 53.3 Å². The Bertz CT molecular complexity index is 1120. The monoisotopic (exact) mass is 453 g/mol. The number of nitrogens with zero attached hydrogens (tertiary/aromatic N) is 4. The van der Waals surface area contributed by atoms with E-state index >= 15 is 0 Å². The highest BCUT2D eigenvalue weighted by Crippen LogP contribution is 2.42. The van der Waals surface area contributed by atoms with Gasteiger partial charge in [0, 0.05) is 47.6 Å². The first-order valence-electron chi connectivity index (χ1n) is 10.8. The molecule has 3 aromatic rings. The zero-order chi connectivity index (χ0) is 21.5. The number of hydrogen-bond acceptors (Lipinski definition) is 6. The second-order valence-corrected chi connectivity index (χ2v) is 10.4. The molecular weight excluding hydrogens is 426 g/mol. The van der Waals surface area contributed by atoms with Crippen molar-refractivity contribution in [2.24, 2.45) is 0 Å². The Kier molecular flexibility index (Phi) is 5.52. The number of fused-ring (bicyclic) bond motifs is 1. The van der Waals surface area contributed by atoms with Crippen LogP contribution in [0.15, 0.2) is 29.2 Å². The highest BCUT2D eigenvalue weighted by Gasteiger charge is 2.30. The third-order valence-corrected chi connectivity index (χ3v) is 8.02. The van der Waals surface area contributed by atoms with E-state index in [4.69, 9.17) is 9.97 Å². The second-order valence-electron chi connectivity index (χ2n) is 8.28. The van der Waals surface area contributed by atoms with Crippen molar-refractivity contribution in [2.75, 3.05) is 42.7 Å². The molecule has 0 atom stereocenters. The molecule has 0 bridgehead atoms. The van der Waals surface area contributed by atoms with Crippen LogP contribution in [0.5, 0.6) is 0 Å². The van der Waals surface area contributed by atoms with Crippen LogP contribution in [0.4, 0.5) is 16.3 Å². The van der Waals surface area contributed by atoms with Crippen LogP contribution in [0.2, 0.25) is 0 Å². The molecule has 0 unspecified atom stereocenters. The zero-order valence-electron chi connectivity index (χ0n) is 18.1. The molecule has 2 aromatic heterocycles. The van der Waals surface area contributed by atoms with Crippen LogP contribution in [0.3, 0.4) is 0 Å². The van der Waals surface area contributed by atoms with E-state index in [0.717, 1.165) is 35.2 Å². The standard InChI is InChI=1S/C23H27N5OS2/c1-14-15(2)31-22-19(14)21(25-20(26-22)16-4-5-16)27-10-12-28(13-11-27)23(29)24-17-6-8-18(30-3)9-7-17/h6-9,16H,4-5,10-13H2,1-3H3,(H,24,29). The number of thioether (sulfide) groups is 1. The van der Waals surface area contributed by atoms with Crippen LogP contribution in [0.25, 0.3) is 10.2 Å². The number of aryl methyl sites for hydroxylation is 2. The summed E-state index contributed by atoms with van der Waals surface area (Å²) in [6.07, 6.45) is 4.44. The van der Waals surface area contributed by atoms with Gasteiger partial charge in [0.1, 0.15) is 16.5 Å². The third kappa shape index (κ3) is 4.11. The molecule has 3 heterocycles.